The van der Waals surface area contributed by atoms with Gasteiger partial charge in [0.1, 0.15) is 0 Å². The number of ether oxygens (including phenoxy) is 2. The Labute approximate surface area is 62.3 Å². The number of hydrogen-bond acceptors (Lipinski definition) is 5. The molecule has 0 aromatic rings. The Morgan fingerprint density at radius 1 is 1.45 bits per heavy atom. The van der Waals surface area contributed by atoms with Gasteiger partial charge in [0.15, 0.2) is 0 Å². The molecule has 2 N–H and O–H groups in total. The zero-order valence-electron chi connectivity index (χ0n) is 6.03. The molecule has 0 rings (SSSR count). The molecular weight excluding hydrogens is 156 g/mol. The lowest BCUT2D eigenvalue weighted by Gasteiger charge is -2.19. The summed E-state index contributed by atoms with van der Waals surface area (Å²) in [4.78, 5) is 20.3. The van der Waals surface area contributed by atoms with Gasteiger partial charge in [-0.1, -0.05) is 0 Å². The summed E-state index contributed by atoms with van der Waals surface area (Å²) in [6.07, 6.45) is 0. The smallest absolute Gasteiger partial charge is 0.431 e. The second-order valence-corrected chi connectivity index (χ2v) is 1.68. The van der Waals surface area contributed by atoms with Crippen LogP contribution in [0, 0.1) is 0 Å². The van der Waals surface area contributed by atoms with E-state index in [0.29, 0.717) is 0 Å². The Balaban J connectivity index is 4.34. The first-order chi connectivity index (χ1) is 4.92. The zero-order valence-corrected chi connectivity index (χ0v) is 6.03. The van der Waals surface area contributed by atoms with E-state index in [1.165, 1.54) is 0 Å². The van der Waals surface area contributed by atoms with Crippen LogP contribution in [-0.2, 0) is 19.1 Å². The number of methoxy groups -OCH3 is 1. The number of aliphatic hydroxyl groups is 1. The van der Waals surface area contributed by atoms with E-state index < -0.39 is 17.9 Å². The second kappa shape index (κ2) is 3.31. The number of carbonyl (C=O) groups excluding carboxylic acids is 1. The maximum absolute atomic E-state index is 10.2. The average Bonchev–Trinajstić information content (AvgIpc) is 1.86. The van der Waals surface area contributed by atoms with E-state index in [1.807, 2.05) is 0 Å². The molecule has 0 aliphatic carbocycles. The van der Waals surface area contributed by atoms with Crippen LogP contribution in [0.4, 0.5) is 0 Å². The Bertz CT molecular complexity index is 176. The minimum Gasteiger partial charge on any atom is -0.474 e. The van der Waals surface area contributed by atoms with E-state index in [4.69, 9.17) is 10.2 Å². The molecule has 0 spiro atoms. The van der Waals surface area contributed by atoms with E-state index in [0.717, 1.165) is 14.0 Å². The van der Waals surface area contributed by atoms with Gasteiger partial charge in [-0.05, 0) is 0 Å². The van der Waals surface area contributed by atoms with Crippen LogP contribution in [0.15, 0.2) is 0 Å². The normalized spacial score (nSPS) is 15.2. The highest BCUT2D eigenvalue weighted by Gasteiger charge is 2.40. The molecule has 0 saturated heterocycles. The zero-order chi connectivity index (χ0) is 9.07. The fourth-order valence-corrected chi connectivity index (χ4v) is 0.367. The van der Waals surface area contributed by atoms with Gasteiger partial charge in [-0.15, -0.1) is 0 Å². The maximum atomic E-state index is 10.2. The molecule has 0 bridgehead atoms. The first-order valence-corrected chi connectivity index (χ1v) is 2.63. The van der Waals surface area contributed by atoms with Crippen molar-refractivity contribution in [2.24, 2.45) is 0 Å². The van der Waals surface area contributed by atoms with Crippen LogP contribution in [0.2, 0.25) is 0 Å². The predicted molar refractivity (Wildman–Crippen MR) is 31.4 cm³/mol. The molecule has 6 nitrogen and oxygen atoms in total. The van der Waals surface area contributed by atoms with E-state index in [-0.39, 0.29) is 0 Å². The van der Waals surface area contributed by atoms with Gasteiger partial charge >= 0.3 is 17.9 Å². The number of carbonyl (C=O) groups is 2. The van der Waals surface area contributed by atoms with Crippen molar-refractivity contribution in [1.29, 1.82) is 0 Å². The number of esters is 1. The average molecular weight is 164 g/mol. The molecule has 0 aromatic heterocycles. The van der Waals surface area contributed by atoms with Gasteiger partial charge in [0.25, 0.3) is 0 Å². The molecule has 0 heterocycles. The molecule has 0 fully saturated rings. The van der Waals surface area contributed by atoms with Gasteiger partial charge in [0.05, 0.1) is 0 Å². The van der Waals surface area contributed by atoms with Crippen LogP contribution in [0.3, 0.4) is 0 Å². The fourth-order valence-electron chi connectivity index (χ4n) is 0.367. The first-order valence-electron chi connectivity index (χ1n) is 2.63. The Morgan fingerprint density at radius 3 is 2.00 bits per heavy atom. The van der Waals surface area contributed by atoms with Gasteiger partial charge in [-0.25, -0.2) is 4.79 Å². The van der Waals surface area contributed by atoms with Gasteiger partial charge in [0, 0.05) is 14.0 Å². The predicted octanol–water partition coefficient (Wildman–Crippen LogP) is -1.07. The lowest BCUT2D eigenvalue weighted by atomic mass is 10.5. The summed E-state index contributed by atoms with van der Waals surface area (Å²) in [6, 6.07) is 0. The van der Waals surface area contributed by atoms with Crippen LogP contribution in [0.5, 0.6) is 0 Å². The lowest BCUT2D eigenvalue weighted by molar-refractivity contribution is -0.318. The Morgan fingerprint density at radius 2 is 1.91 bits per heavy atom. The molecule has 1 unspecified atom stereocenters. The van der Waals surface area contributed by atoms with Crippen molar-refractivity contribution in [2.45, 2.75) is 12.9 Å². The van der Waals surface area contributed by atoms with Crippen molar-refractivity contribution in [1.82, 2.24) is 0 Å². The number of carboxylic acid groups (broad SMARTS) is 1. The molecule has 0 aromatic carbocycles. The lowest BCUT2D eigenvalue weighted by Crippen LogP contribution is -2.44. The summed E-state index contributed by atoms with van der Waals surface area (Å²) in [7, 11) is 0.900. The summed E-state index contributed by atoms with van der Waals surface area (Å²) >= 11 is 0. The molecule has 6 heteroatoms. The summed E-state index contributed by atoms with van der Waals surface area (Å²) in [6.45, 7) is 0.951. The van der Waals surface area contributed by atoms with Crippen molar-refractivity contribution in [2.75, 3.05) is 7.11 Å². The molecule has 11 heavy (non-hydrogen) atoms. The van der Waals surface area contributed by atoms with Gasteiger partial charge < -0.3 is 19.7 Å². The van der Waals surface area contributed by atoms with Crippen molar-refractivity contribution < 1.29 is 29.3 Å². The molecule has 1 atom stereocenters. The SMILES string of the molecule is COC(O)(OC(C)=O)C(=O)O. The minimum absolute atomic E-state index is 0.900. The Kier molecular flexibility index (Phi) is 2.97. The first kappa shape index (κ1) is 9.86. The summed E-state index contributed by atoms with van der Waals surface area (Å²) in [5.41, 5.74) is 0. The van der Waals surface area contributed by atoms with Gasteiger partial charge in [0.2, 0.25) is 0 Å². The highest BCUT2D eigenvalue weighted by atomic mass is 16.8. The summed E-state index contributed by atoms with van der Waals surface area (Å²) < 4.78 is 7.97. The van der Waals surface area contributed by atoms with Crippen molar-refractivity contribution in [3.05, 3.63) is 0 Å². The standard InChI is InChI=1S/C5H8O6/c1-3(6)11-5(9,10-2)4(7)8/h9H,1-2H3,(H,7,8). The molecule has 0 amide bonds. The Hall–Kier alpha value is -1.14. The van der Waals surface area contributed by atoms with E-state index in [9.17, 15) is 9.59 Å². The molecule has 0 saturated carbocycles. The van der Waals surface area contributed by atoms with E-state index in [1.54, 1.807) is 0 Å². The van der Waals surface area contributed by atoms with Crippen LogP contribution >= 0.6 is 0 Å². The van der Waals surface area contributed by atoms with Crippen molar-refractivity contribution in [3.63, 3.8) is 0 Å². The number of carboxylic acids is 1. The van der Waals surface area contributed by atoms with Crippen molar-refractivity contribution >= 4 is 11.9 Å². The van der Waals surface area contributed by atoms with E-state index >= 15 is 0 Å². The number of rotatable bonds is 3. The van der Waals surface area contributed by atoms with Crippen LogP contribution in [0.25, 0.3) is 0 Å². The molecule has 0 aliphatic heterocycles. The molecule has 0 aliphatic rings. The van der Waals surface area contributed by atoms with Crippen molar-refractivity contribution in [3.8, 4) is 0 Å². The highest BCUT2D eigenvalue weighted by molar-refractivity contribution is 5.77. The molecule has 64 valence electrons. The number of aliphatic carboxylic acids is 1. The van der Waals surface area contributed by atoms with E-state index in [2.05, 4.69) is 9.47 Å². The third-order valence-corrected chi connectivity index (χ3v) is 0.829. The van der Waals surface area contributed by atoms with Crippen LogP contribution in [-0.4, -0.2) is 35.2 Å². The quantitative estimate of drug-likeness (QED) is 0.407. The largest absolute Gasteiger partial charge is 0.474 e. The van der Waals surface area contributed by atoms with Crippen LogP contribution < -0.4 is 0 Å². The number of hydrogen-bond donors (Lipinski definition) is 2. The molecule has 0 radical (unpaired) electrons. The minimum atomic E-state index is -2.87. The topological polar surface area (TPSA) is 93.1 Å². The summed E-state index contributed by atoms with van der Waals surface area (Å²) in [5, 5.41) is 17.0. The fraction of sp³-hybridized carbons (Fsp3) is 0.600. The molecular formula is C5H8O6. The van der Waals surface area contributed by atoms with Crippen LogP contribution in [0.1, 0.15) is 6.92 Å². The highest BCUT2D eigenvalue weighted by Crippen LogP contribution is 2.07. The third kappa shape index (κ3) is 2.52. The van der Waals surface area contributed by atoms with Gasteiger partial charge in [-0.2, -0.15) is 0 Å². The third-order valence-electron chi connectivity index (χ3n) is 0.829. The monoisotopic (exact) mass is 164 g/mol. The summed E-state index contributed by atoms with van der Waals surface area (Å²) in [5.74, 6) is -5.60. The maximum Gasteiger partial charge on any atom is 0.431 e. The second-order valence-electron chi connectivity index (χ2n) is 1.68. The van der Waals surface area contributed by atoms with Gasteiger partial charge in [-0.3, -0.25) is 4.79 Å².